The Morgan fingerprint density at radius 2 is 1.24 bits per heavy atom. The molecule has 1 atom stereocenters. The molecule has 10 heteroatoms. The molecular formula is C19H26N6O2S2. The Hall–Kier alpha value is -2.20. The van der Waals surface area contributed by atoms with Crippen LogP contribution in [0.3, 0.4) is 0 Å². The molecule has 2 rings (SSSR count). The summed E-state index contributed by atoms with van der Waals surface area (Å²) in [5, 5.41) is 6.85. The van der Waals surface area contributed by atoms with Gasteiger partial charge < -0.3 is 10.6 Å². The molecule has 2 amide bonds. The average Bonchev–Trinajstić information content (AvgIpc) is 2.61. The molecule has 8 nitrogen and oxygen atoms in total. The van der Waals surface area contributed by atoms with Crippen molar-refractivity contribution in [3.05, 3.63) is 34.9 Å². The lowest BCUT2D eigenvalue weighted by Crippen LogP contribution is -2.42. The Labute approximate surface area is 179 Å². The summed E-state index contributed by atoms with van der Waals surface area (Å²) in [4.78, 5) is 41.3. The molecule has 0 spiro atoms. The maximum Gasteiger partial charge on any atom is 0.230 e. The lowest BCUT2D eigenvalue weighted by Gasteiger charge is -2.14. The van der Waals surface area contributed by atoms with Crippen molar-refractivity contribution in [1.82, 2.24) is 30.6 Å². The molecule has 2 N–H and O–H groups in total. The van der Waals surface area contributed by atoms with E-state index in [1.807, 2.05) is 46.8 Å². The second-order valence-corrected chi connectivity index (χ2v) is 8.60. The van der Waals surface area contributed by atoms with Gasteiger partial charge in [0.25, 0.3) is 0 Å². The molecule has 156 valence electrons. The van der Waals surface area contributed by atoms with E-state index >= 15 is 0 Å². The van der Waals surface area contributed by atoms with Gasteiger partial charge in [-0.05, 0) is 46.8 Å². The number of rotatable bonds is 9. The fourth-order valence-electron chi connectivity index (χ4n) is 2.46. The van der Waals surface area contributed by atoms with Crippen LogP contribution < -0.4 is 10.6 Å². The molecule has 2 heterocycles. The molecule has 0 fully saturated rings. The van der Waals surface area contributed by atoms with Crippen LogP contribution >= 0.6 is 23.5 Å². The molecule has 1 unspecified atom stereocenters. The van der Waals surface area contributed by atoms with E-state index in [1.54, 1.807) is 0 Å². The Balaban J connectivity index is 1.68. The van der Waals surface area contributed by atoms with E-state index in [2.05, 4.69) is 30.6 Å². The Morgan fingerprint density at radius 3 is 1.69 bits per heavy atom. The molecule has 0 bridgehead atoms. The van der Waals surface area contributed by atoms with Gasteiger partial charge in [-0.2, -0.15) is 0 Å². The standard InChI is InChI=1S/C19H26N6O2S2/c1-11-6-12(2)23-18(22-11)28-9-16(26)20-8-15(5)21-17(27)10-29-19-24-13(3)7-14(4)25-19/h6-7,15H,8-10H2,1-5H3,(H,20,26)(H,21,27). The quantitative estimate of drug-likeness (QED) is 0.456. The maximum absolute atomic E-state index is 12.1. The number of nitrogens with zero attached hydrogens (tertiary/aromatic N) is 4. The van der Waals surface area contributed by atoms with Crippen LogP contribution in [0.4, 0.5) is 0 Å². The highest BCUT2D eigenvalue weighted by molar-refractivity contribution is 8.00. The number of hydrogen-bond acceptors (Lipinski definition) is 8. The monoisotopic (exact) mass is 434 g/mol. The van der Waals surface area contributed by atoms with Gasteiger partial charge in [0.2, 0.25) is 11.8 Å². The summed E-state index contributed by atoms with van der Waals surface area (Å²) in [7, 11) is 0. The van der Waals surface area contributed by atoms with Gasteiger partial charge in [0, 0.05) is 35.4 Å². The third kappa shape index (κ3) is 8.78. The normalized spacial score (nSPS) is 11.8. The number of nitrogens with one attached hydrogen (secondary N) is 2. The van der Waals surface area contributed by atoms with Crippen molar-refractivity contribution in [1.29, 1.82) is 0 Å². The van der Waals surface area contributed by atoms with Crippen LogP contribution in [0.15, 0.2) is 22.4 Å². The Morgan fingerprint density at radius 1 is 0.828 bits per heavy atom. The van der Waals surface area contributed by atoms with Crippen molar-refractivity contribution in [3.63, 3.8) is 0 Å². The second-order valence-electron chi connectivity index (χ2n) is 6.72. The SMILES string of the molecule is Cc1cc(C)nc(SCC(=O)NCC(C)NC(=O)CSc2nc(C)cc(C)n2)n1. The number of carbonyl (C=O) groups is 2. The van der Waals surface area contributed by atoms with Crippen molar-refractivity contribution in [3.8, 4) is 0 Å². The van der Waals surface area contributed by atoms with Crippen molar-refractivity contribution in [2.75, 3.05) is 18.1 Å². The first-order chi connectivity index (χ1) is 13.7. The molecule has 0 saturated carbocycles. The zero-order chi connectivity index (χ0) is 21.4. The zero-order valence-corrected chi connectivity index (χ0v) is 18.9. The van der Waals surface area contributed by atoms with Crippen molar-refractivity contribution < 1.29 is 9.59 Å². The van der Waals surface area contributed by atoms with Gasteiger partial charge >= 0.3 is 0 Å². The first-order valence-corrected chi connectivity index (χ1v) is 11.1. The summed E-state index contributed by atoms with van der Waals surface area (Å²) in [5.74, 6) is 0.194. The van der Waals surface area contributed by atoms with Gasteiger partial charge in [0.05, 0.1) is 11.5 Å². The van der Waals surface area contributed by atoms with Gasteiger partial charge in [-0.15, -0.1) is 0 Å². The van der Waals surface area contributed by atoms with E-state index in [9.17, 15) is 9.59 Å². The number of carbonyl (C=O) groups excluding carboxylic acids is 2. The average molecular weight is 435 g/mol. The highest BCUT2D eigenvalue weighted by Crippen LogP contribution is 2.14. The van der Waals surface area contributed by atoms with E-state index in [0.717, 1.165) is 22.8 Å². The lowest BCUT2D eigenvalue weighted by molar-refractivity contribution is -0.121. The molecule has 29 heavy (non-hydrogen) atoms. The zero-order valence-electron chi connectivity index (χ0n) is 17.3. The topological polar surface area (TPSA) is 110 Å². The predicted molar refractivity (Wildman–Crippen MR) is 115 cm³/mol. The molecule has 0 saturated heterocycles. The fourth-order valence-corrected chi connectivity index (χ4v) is 4.00. The number of aryl methyl sites for hydroxylation is 4. The molecule has 0 radical (unpaired) electrons. The molecule has 0 aliphatic carbocycles. The Bertz CT molecular complexity index is 837. The molecule has 2 aromatic rings. The molecule has 0 aliphatic heterocycles. The van der Waals surface area contributed by atoms with E-state index in [0.29, 0.717) is 16.9 Å². The molecular weight excluding hydrogens is 408 g/mol. The first-order valence-electron chi connectivity index (χ1n) is 9.17. The van der Waals surface area contributed by atoms with Crippen LogP contribution in [0.1, 0.15) is 29.7 Å². The van der Waals surface area contributed by atoms with Gasteiger partial charge in [0.15, 0.2) is 10.3 Å². The van der Waals surface area contributed by atoms with E-state index < -0.39 is 0 Å². The van der Waals surface area contributed by atoms with Crippen molar-refractivity contribution >= 4 is 35.3 Å². The fraction of sp³-hybridized carbons (Fsp3) is 0.474. The van der Waals surface area contributed by atoms with Crippen molar-refractivity contribution in [2.45, 2.75) is 51.0 Å². The molecule has 2 aromatic heterocycles. The van der Waals surface area contributed by atoms with Crippen LogP contribution in [-0.2, 0) is 9.59 Å². The minimum atomic E-state index is -0.185. The van der Waals surface area contributed by atoms with Gasteiger partial charge in [-0.1, -0.05) is 23.5 Å². The number of aromatic nitrogens is 4. The third-order valence-electron chi connectivity index (χ3n) is 3.60. The summed E-state index contributed by atoms with van der Waals surface area (Å²) in [6.07, 6.45) is 0. The Kier molecular flexibility index (Phi) is 8.84. The largest absolute Gasteiger partial charge is 0.353 e. The molecule has 0 aromatic carbocycles. The highest BCUT2D eigenvalue weighted by atomic mass is 32.2. The van der Waals surface area contributed by atoms with Gasteiger partial charge in [-0.25, -0.2) is 19.9 Å². The maximum atomic E-state index is 12.1. The van der Waals surface area contributed by atoms with Crippen LogP contribution in [0.2, 0.25) is 0 Å². The second kappa shape index (κ2) is 11.1. The summed E-state index contributed by atoms with van der Waals surface area (Å²) < 4.78 is 0. The predicted octanol–water partition coefficient (Wildman–Crippen LogP) is 2.01. The van der Waals surface area contributed by atoms with Crippen LogP contribution in [0, 0.1) is 27.7 Å². The summed E-state index contributed by atoms with van der Waals surface area (Å²) in [5.41, 5.74) is 3.50. The third-order valence-corrected chi connectivity index (χ3v) is 5.30. The lowest BCUT2D eigenvalue weighted by atomic mass is 10.3. The van der Waals surface area contributed by atoms with Crippen LogP contribution in [0.25, 0.3) is 0 Å². The minimum Gasteiger partial charge on any atom is -0.353 e. The van der Waals surface area contributed by atoms with Crippen LogP contribution in [0.5, 0.6) is 0 Å². The molecule has 0 aliphatic rings. The summed E-state index contributed by atoms with van der Waals surface area (Å²) in [6.45, 7) is 9.78. The number of thioether (sulfide) groups is 2. The number of hydrogen-bond donors (Lipinski definition) is 2. The summed E-state index contributed by atoms with van der Waals surface area (Å²) >= 11 is 2.58. The van der Waals surface area contributed by atoms with Crippen molar-refractivity contribution in [2.24, 2.45) is 0 Å². The van der Waals surface area contributed by atoms with E-state index in [1.165, 1.54) is 23.5 Å². The highest BCUT2D eigenvalue weighted by Gasteiger charge is 2.12. The van der Waals surface area contributed by atoms with E-state index in [4.69, 9.17) is 0 Å². The van der Waals surface area contributed by atoms with Crippen LogP contribution in [-0.4, -0.2) is 55.8 Å². The first kappa shape index (κ1) is 23.1. The number of amides is 2. The van der Waals surface area contributed by atoms with Gasteiger partial charge in [-0.3, -0.25) is 9.59 Å². The summed E-state index contributed by atoms with van der Waals surface area (Å²) in [6, 6.07) is 3.59. The van der Waals surface area contributed by atoms with E-state index in [-0.39, 0.29) is 29.4 Å². The minimum absolute atomic E-state index is 0.127. The van der Waals surface area contributed by atoms with Gasteiger partial charge in [0.1, 0.15) is 0 Å². The smallest absolute Gasteiger partial charge is 0.230 e.